The second-order valence-corrected chi connectivity index (χ2v) is 6.90. The smallest absolute Gasteiger partial charge is 0.407 e. The number of rotatable bonds is 4. The zero-order chi connectivity index (χ0) is 16.2. The van der Waals surface area contributed by atoms with Crippen LogP contribution in [-0.2, 0) is 14.8 Å². The molecular weight excluding hydrogens is 311 g/mol. The lowest BCUT2D eigenvalue weighted by molar-refractivity contribution is 0.142. The summed E-state index contributed by atoms with van der Waals surface area (Å²) in [5.74, 6) is -0.775. The quantitative estimate of drug-likeness (QED) is 0.912. The summed E-state index contributed by atoms with van der Waals surface area (Å²) in [6.45, 7) is 2.35. The first-order valence-electron chi connectivity index (χ1n) is 7.13. The van der Waals surface area contributed by atoms with Crippen molar-refractivity contribution < 1.29 is 22.3 Å². The van der Waals surface area contributed by atoms with E-state index in [1.54, 1.807) is 6.92 Å². The molecule has 1 N–H and O–H groups in total. The van der Waals surface area contributed by atoms with Gasteiger partial charge in [0.15, 0.2) is 0 Å². The summed E-state index contributed by atoms with van der Waals surface area (Å²) in [5.41, 5.74) is 0. The monoisotopic (exact) mass is 330 g/mol. The van der Waals surface area contributed by atoms with Crippen LogP contribution in [0.2, 0.25) is 0 Å². The minimum absolute atomic E-state index is 0.107. The van der Waals surface area contributed by atoms with Crippen LogP contribution in [0.4, 0.5) is 9.18 Å². The first-order valence-corrected chi connectivity index (χ1v) is 8.57. The van der Waals surface area contributed by atoms with Gasteiger partial charge in [-0.2, -0.15) is 4.31 Å². The van der Waals surface area contributed by atoms with Gasteiger partial charge >= 0.3 is 6.09 Å². The maximum absolute atomic E-state index is 13.8. The van der Waals surface area contributed by atoms with E-state index in [1.165, 1.54) is 22.5 Å². The third-order valence-electron chi connectivity index (χ3n) is 3.44. The fraction of sp³-hybridized carbons (Fsp3) is 0.500. The van der Waals surface area contributed by atoms with Crippen LogP contribution in [-0.4, -0.2) is 44.6 Å². The number of nitrogens with zero attached hydrogens (tertiary/aromatic N) is 1. The molecular formula is C14H19FN2O4S. The van der Waals surface area contributed by atoms with Gasteiger partial charge in [0.1, 0.15) is 10.7 Å². The number of halogens is 1. The standard InChI is InChI=1S/C14H19FN2O4S/c1-2-21-14(18)16-11-6-5-9-17(10-11)22(19,20)13-8-4-3-7-12(13)15/h3-4,7-8,11H,2,5-6,9-10H2,1H3,(H,16,18)/t11-/m0/s1. The van der Waals surface area contributed by atoms with Crippen LogP contribution < -0.4 is 5.32 Å². The SMILES string of the molecule is CCOC(=O)N[C@H]1CCCN(S(=O)(=O)c2ccccc2F)C1. The normalized spacial score (nSPS) is 19.6. The highest BCUT2D eigenvalue weighted by Crippen LogP contribution is 2.22. The zero-order valence-corrected chi connectivity index (χ0v) is 13.1. The van der Waals surface area contributed by atoms with Gasteiger partial charge in [0.25, 0.3) is 0 Å². The fourth-order valence-corrected chi connectivity index (χ4v) is 4.00. The van der Waals surface area contributed by atoms with Crippen molar-refractivity contribution in [2.24, 2.45) is 0 Å². The van der Waals surface area contributed by atoms with E-state index < -0.39 is 21.9 Å². The Kier molecular flexibility index (Phi) is 5.36. The lowest BCUT2D eigenvalue weighted by Gasteiger charge is -2.32. The van der Waals surface area contributed by atoms with E-state index in [1.807, 2.05) is 0 Å². The van der Waals surface area contributed by atoms with Gasteiger partial charge in [-0.1, -0.05) is 12.1 Å². The van der Waals surface area contributed by atoms with E-state index in [9.17, 15) is 17.6 Å². The summed E-state index contributed by atoms with van der Waals surface area (Å²) in [6, 6.07) is 4.94. The highest BCUT2D eigenvalue weighted by atomic mass is 32.2. The summed E-state index contributed by atoms with van der Waals surface area (Å²) in [5, 5.41) is 2.63. The number of amides is 1. The molecule has 1 atom stereocenters. The molecule has 0 aromatic heterocycles. The summed E-state index contributed by atoms with van der Waals surface area (Å²) < 4.78 is 44.8. The number of carbonyl (C=O) groups is 1. The van der Waals surface area contributed by atoms with Crippen LogP contribution in [0.1, 0.15) is 19.8 Å². The van der Waals surface area contributed by atoms with Gasteiger partial charge in [-0.3, -0.25) is 0 Å². The molecule has 0 saturated carbocycles. The second kappa shape index (κ2) is 7.06. The van der Waals surface area contributed by atoms with Gasteiger partial charge in [-0.05, 0) is 31.9 Å². The Morgan fingerprint density at radius 2 is 2.18 bits per heavy atom. The van der Waals surface area contributed by atoms with E-state index in [-0.39, 0.29) is 24.1 Å². The number of hydrogen-bond acceptors (Lipinski definition) is 4. The average molecular weight is 330 g/mol. The zero-order valence-electron chi connectivity index (χ0n) is 12.3. The van der Waals surface area contributed by atoms with Crippen LogP contribution in [0, 0.1) is 5.82 Å². The van der Waals surface area contributed by atoms with Gasteiger partial charge in [-0.15, -0.1) is 0 Å². The molecule has 0 bridgehead atoms. The maximum Gasteiger partial charge on any atom is 0.407 e. The van der Waals surface area contributed by atoms with Crippen molar-refractivity contribution in [2.45, 2.75) is 30.7 Å². The molecule has 1 aromatic carbocycles. The van der Waals surface area contributed by atoms with Crippen molar-refractivity contribution in [2.75, 3.05) is 19.7 Å². The largest absolute Gasteiger partial charge is 0.450 e. The van der Waals surface area contributed by atoms with Gasteiger partial charge in [0.05, 0.1) is 6.61 Å². The molecule has 0 unspecified atom stereocenters. The lowest BCUT2D eigenvalue weighted by Crippen LogP contribution is -2.49. The Labute approximate surface area is 129 Å². The van der Waals surface area contributed by atoms with Gasteiger partial charge in [0, 0.05) is 19.1 Å². The summed E-state index contributed by atoms with van der Waals surface area (Å²) in [7, 11) is -3.91. The van der Waals surface area contributed by atoms with Gasteiger partial charge in [0.2, 0.25) is 10.0 Å². The summed E-state index contributed by atoms with van der Waals surface area (Å²) in [6.07, 6.45) is 0.671. The van der Waals surface area contributed by atoms with Crippen LogP contribution in [0.15, 0.2) is 29.2 Å². The Morgan fingerprint density at radius 3 is 2.86 bits per heavy atom. The van der Waals surface area contributed by atoms with E-state index in [2.05, 4.69) is 5.32 Å². The van der Waals surface area contributed by atoms with Crippen molar-refractivity contribution in [3.05, 3.63) is 30.1 Å². The number of nitrogens with one attached hydrogen (secondary N) is 1. The number of alkyl carbamates (subject to hydrolysis) is 1. The Bertz CT molecular complexity index is 635. The van der Waals surface area contributed by atoms with Crippen molar-refractivity contribution in [1.82, 2.24) is 9.62 Å². The highest BCUT2D eigenvalue weighted by Gasteiger charge is 2.32. The highest BCUT2D eigenvalue weighted by molar-refractivity contribution is 7.89. The molecule has 1 saturated heterocycles. The number of carbonyl (C=O) groups excluding carboxylic acids is 1. The third-order valence-corrected chi connectivity index (χ3v) is 5.33. The maximum atomic E-state index is 13.8. The molecule has 6 nitrogen and oxygen atoms in total. The molecule has 1 fully saturated rings. The fourth-order valence-electron chi connectivity index (χ4n) is 2.41. The number of ether oxygens (including phenoxy) is 1. The molecule has 22 heavy (non-hydrogen) atoms. The van der Waals surface area contributed by atoms with E-state index >= 15 is 0 Å². The van der Waals surface area contributed by atoms with Gasteiger partial charge < -0.3 is 10.1 Å². The van der Waals surface area contributed by atoms with Crippen molar-refractivity contribution in [3.63, 3.8) is 0 Å². The molecule has 1 heterocycles. The van der Waals surface area contributed by atoms with Crippen LogP contribution in [0.5, 0.6) is 0 Å². The Morgan fingerprint density at radius 1 is 1.45 bits per heavy atom. The molecule has 0 aliphatic carbocycles. The van der Waals surface area contributed by atoms with E-state index in [0.717, 1.165) is 6.07 Å². The minimum atomic E-state index is -3.91. The second-order valence-electron chi connectivity index (χ2n) is 5.00. The van der Waals surface area contributed by atoms with E-state index in [0.29, 0.717) is 19.4 Å². The Hall–Kier alpha value is -1.67. The van der Waals surface area contributed by atoms with Crippen LogP contribution >= 0.6 is 0 Å². The lowest BCUT2D eigenvalue weighted by atomic mass is 10.1. The van der Waals surface area contributed by atoms with Gasteiger partial charge in [-0.25, -0.2) is 17.6 Å². The molecule has 0 radical (unpaired) electrons. The number of benzene rings is 1. The topological polar surface area (TPSA) is 75.7 Å². The molecule has 8 heteroatoms. The average Bonchev–Trinajstić information content (AvgIpc) is 2.48. The number of hydrogen-bond donors (Lipinski definition) is 1. The molecule has 0 spiro atoms. The first kappa shape index (κ1) is 16.7. The number of piperidine rings is 1. The molecule has 2 rings (SSSR count). The van der Waals surface area contributed by atoms with Crippen LogP contribution in [0.3, 0.4) is 0 Å². The molecule has 1 aromatic rings. The minimum Gasteiger partial charge on any atom is -0.450 e. The number of sulfonamides is 1. The third kappa shape index (κ3) is 3.75. The van der Waals surface area contributed by atoms with Crippen molar-refractivity contribution >= 4 is 16.1 Å². The van der Waals surface area contributed by atoms with Crippen LogP contribution in [0.25, 0.3) is 0 Å². The Balaban J connectivity index is 2.12. The van der Waals surface area contributed by atoms with Crippen molar-refractivity contribution in [3.8, 4) is 0 Å². The first-order chi connectivity index (χ1) is 10.4. The molecule has 122 valence electrons. The molecule has 1 amide bonds. The van der Waals surface area contributed by atoms with Crippen molar-refractivity contribution in [1.29, 1.82) is 0 Å². The molecule has 1 aliphatic rings. The van der Waals surface area contributed by atoms with E-state index in [4.69, 9.17) is 4.74 Å². The predicted molar refractivity (Wildman–Crippen MR) is 78.3 cm³/mol. The molecule has 1 aliphatic heterocycles. The summed E-state index contributed by atoms with van der Waals surface area (Å²) >= 11 is 0. The predicted octanol–water partition coefficient (Wildman–Crippen LogP) is 1.72. The summed E-state index contributed by atoms with van der Waals surface area (Å²) in [4.78, 5) is 11.1.